The molecule has 2 aromatic carbocycles. The molecule has 0 fully saturated rings. The molecular weight excluding hydrogens is 454 g/mol. The van der Waals surface area contributed by atoms with Crippen molar-refractivity contribution in [2.45, 2.75) is 34.2 Å². The van der Waals surface area contributed by atoms with Crippen LogP contribution in [0.15, 0.2) is 59.1 Å². The Balaban J connectivity index is 1.51. The lowest BCUT2D eigenvalue weighted by Crippen LogP contribution is -2.14. The second-order valence-electron chi connectivity index (χ2n) is 8.84. The van der Waals surface area contributed by atoms with Gasteiger partial charge in [-0.1, -0.05) is 29.4 Å². The lowest BCUT2D eigenvalue weighted by atomic mass is 10.0. The largest absolute Gasteiger partial charge is 0.497 e. The fraction of sp³-hybridized carbons (Fsp3) is 0.214. The SMILES string of the molecule is COc1ccc(-c2noc3nc(C)cc(C(=O)Nc4c(C)nn(Cc5ccccc5C)c4C)c23)cc1. The van der Waals surface area contributed by atoms with Crippen LogP contribution < -0.4 is 10.1 Å². The second-order valence-corrected chi connectivity index (χ2v) is 8.84. The number of hydrogen-bond acceptors (Lipinski definition) is 6. The van der Waals surface area contributed by atoms with E-state index in [0.717, 1.165) is 22.7 Å². The van der Waals surface area contributed by atoms with Crippen LogP contribution in [0.25, 0.3) is 22.4 Å². The molecule has 0 saturated heterocycles. The molecular formula is C28H27N5O3. The maximum atomic E-state index is 13.6. The van der Waals surface area contributed by atoms with Crippen molar-refractivity contribution < 1.29 is 14.1 Å². The number of nitrogens with zero attached hydrogens (tertiary/aromatic N) is 4. The number of amides is 1. The van der Waals surface area contributed by atoms with Crippen molar-refractivity contribution in [2.75, 3.05) is 12.4 Å². The number of nitrogens with one attached hydrogen (secondary N) is 1. The van der Waals surface area contributed by atoms with Crippen LogP contribution in [-0.4, -0.2) is 32.9 Å². The summed E-state index contributed by atoms with van der Waals surface area (Å²) in [4.78, 5) is 18.1. The molecule has 0 bridgehead atoms. The summed E-state index contributed by atoms with van der Waals surface area (Å²) in [5.74, 6) is 0.456. The van der Waals surface area contributed by atoms with Crippen LogP contribution in [0.5, 0.6) is 5.75 Å². The van der Waals surface area contributed by atoms with Gasteiger partial charge in [-0.15, -0.1) is 0 Å². The molecule has 0 aliphatic heterocycles. The summed E-state index contributed by atoms with van der Waals surface area (Å²) in [5.41, 5.74) is 7.47. The molecule has 3 aromatic heterocycles. The van der Waals surface area contributed by atoms with Gasteiger partial charge in [0.05, 0.1) is 41.7 Å². The Labute approximate surface area is 208 Å². The second kappa shape index (κ2) is 9.30. The van der Waals surface area contributed by atoms with Crippen LogP contribution in [0.4, 0.5) is 5.69 Å². The third-order valence-corrected chi connectivity index (χ3v) is 6.38. The molecule has 36 heavy (non-hydrogen) atoms. The van der Waals surface area contributed by atoms with E-state index < -0.39 is 0 Å². The van der Waals surface area contributed by atoms with Crippen molar-refractivity contribution >= 4 is 22.7 Å². The predicted octanol–water partition coefficient (Wildman–Crippen LogP) is 5.63. The van der Waals surface area contributed by atoms with E-state index >= 15 is 0 Å². The highest BCUT2D eigenvalue weighted by Crippen LogP contribution is 2.32. The molecule has 0 unspecified atom stereocenters. The molecule has 0 aliphatic carbocycles. The van der Waals surface area contributed by atoms with Crippen LogP contribution in [0.3, 0.4) is 0 Å². The highest BCUT2D eigenvalue weighted by atomic mass is 16.5. The zero-order chi connectivity index (χ0) is 25.4. The van der Waals surface area contributed by atoms with Gasteiger partial charge in [-0.25, -0.2) is 4.98 Å². The number of rotatable bonds is 6. The summed E-state index contributed by atoms with van der Waals surface area (Å²) >= 11 is 0. The molecule has 1 N–H and O–H groups in total. The van der Waals surface area contributed by atoms with Gasteiger partial charge in [0.15, 0.2) is 0 Å². The molecule has 5 rings (SSSR count). The van der Waals surface area contributed by atoms with E-state index in [2.05, 4.69) is 34.5 Å². The Kier molecular flexibility index (Phi) is 6.01. The number of aryl methyl sites for hydroxylation is 3. The molecule has 5 aromatic rings. The van der Waals surface area contributed by atoms with E-state index in [-0.39, 0.29) is 5.91 Å². The lowest BCUT2D eigenvalue weighted by molar-refractivity contribution is 0.102. The van der Waals surface area contributed by atoms with Crippen molar-refractivity contribution in [3.63, 3.8) is 0 Å². The molecule has 0 saturated carbocycles. The number of carbonyl (C=O) groups is 1. The van der Waals surface area contributed by atoms with Crippen LogP contribution >= 0.6 is 0 Å². The van der Waals surface area contributed by atoms with Gasteiger partial charge in [-0.2, -0.15) is 5.10 Å². The van der Waals surface area contributed by atoms with Crippen molar-refractivity contribution in [1.82, 2.24) is 19.9 Å². The van der Waals surface area contributed by atoms with Gasteiger partial charge >= 0.3 is 0 Å². The minimum Gasteiger partial charge on any atom is -0.497 e. The monoisotopic (exact) mass is 481 g/mol. The molecule has 1 amide bonds. The van der Waals surface area contributed by atoms with Gasteiger partial charge in [0, 0.05) is 11.3 Å². The Morgan fingerprint density at radius 2 is 1.81 bits per heavy atom. The third-order valence-electron chi connectivity index (χ3n) is 6.38. The summed E-state index contributed by atoms with van der Waals surface area (Å²) in [6.07, 6.45) is 0. The Hall–Kier alpha value is -4.46. The molecule has 0 radical (unpaired) electrons. The van der Waals surface area contributed by atoms with E-state index in [9.17, 15) is 4.79 Å². The third kappa shape index (κ3) is 4.22. The Morgan fingerprint density at radius 1 is 1.06 bits per heavy atom. The number of aromatic nitrogens is 4. The summed E-state index contributed by atoms with van der Waals surface area (Å²) in [5, 5.41) is 12.6. The summed E-state index contributed by atoms with van der Waals surface area (Å²) in [6.45, 7) is 8.39. The Bertz CT molecular complexity index is 1580. The van der Waals surface area contributed by atoms with Crippen LogP contribution in [0, 0.1) is 27.7 Å². The molecule has 182 valence electrons. The number of ether oxygens (including phenoxy) is 1. The minimum absolute atomic E-state index is 0.273. The molecule has 8 nitrogen and oxygen atoms in total. The number of carbonyl (C=O) groups excluding carboxylic acids is 1. The predicted molar refractivity (Wildman–Crippen MR) is 138 cm³/mol. The van der Waals surface area contributed by atoms with Crippen molar-refractivity contribution in [1.29, 1.82) is 0 Å². The van der Waals surface area contributed by atoms with Gasteiger partial charge in [-0.3, -0.25) is 9.48 Å². The molecule has 3 heterocycles. The first kappa shape index (κ1) is 23.3. The highest BCUT2D eigenvalue weighted by molar-refractivity contribution is 6.15. The zero-order valence-electron chi connectivity index (χ0n) is 20.9. The van der Waals surface area contributed by atoms with Crippen molar-refractivity contribution in [3.8, 4) is 17.0 Å². The summed E-state index contributed by atoms with van der Waals surface area (Å²) < 4.78 is 12.7. The first-order chi connectivity index (χ1) is 17.4. The summed E-state index contributed by atoms with van der Waals surface area (Å²) in [6, 6.07) is 17.4. The smallest absolute Gasteiger partial charge is 0.259 e. The lowest BCUT2D eigenvalue weighted by Gasteiger charge is -2.10. The van der Waals surface area contributed by atoms with E-state index in [1.165, 1.54) is 11.1 Å². The summed E-state index contributed by atoms with van der Waals surface area (Å²) in [7, 11) is 1.61. The highest BCUT2D eigenvalue weighted by Gasteiger charge is 2.23. The van der Waals surface area contributed by atoms with Gasteiger partial charge in [0.2, 0.25) is 0 Å². The van der Waals surface area contributed by atoms with Gasteiger partial charge in [0.1, 0.15) is 11.4 Å². The number of pyridine rings is 1. The minimum atomic E-state index is -0.273. The van der Waals surface area contributed by atoms with E-state index in [1.807, 2.05) is 61.9 Å². The maximum absolute atomic E-state index is 13.6. The van der Waals surface area contributed by atoms with Crippen LogP contribution in [-0.2, 0) is 6.54 Å². The van der Waals surface area contributed by atoms with E-state index in [0.29, 0.717) is 40.3 Å². The number of fused-ring (bicyclic) bond motifs is 1. The van der Waals surface area contributed by atoms with Gasteiger partial charge < -0.3 is 14.6 Å². The zero-order valence-corrected chi connectivity index (χ0v) is 20.9. The number of hydrogen-bond donors (Lipinski definition) is 1. The fourth-order valence-electron chi connectivity index (χ4n) is 4.36. The first-order valence-electron chi connectivity index (χ1n) is 11.7. The van der Waals surface area contributed by atoms with Crippen molar-refractivity contribution in [2.24, 2.45) is 0 Å². The van der Waals surface area contributed by atoms with Gasteiger partial charge in [0.25, 0.3) is 11.6 Å². The number of anilines is 1. The average Bonchev–Trinajstić information content (AvgIpc) is 3.41. The molecule has 8 heteroatoms. The first-order valence-corrected chi connectivity index (χ1v) is 11.7. The van der Waals surface area contributed by atoms with Gasteiger partial charge in [-0.05, 0) is 69.2 Å². The van der Waals surface area contributed by atoms with Crippen molar-refractivity contribution in [3.05, 3.63) is 88.4 Å². The number of benzene rings is 2. The normalized spacial score (nSPS) is 11.1. The average molecular weight is 482 g/mol. The quantitative estimate of drug-likeness (QED) is 0.338. The topological polar surface area (TPSA) is 95.1 Å². The molecule has 0 atom stereocenters. The number of methoxy groups -OCH3 is 1. The van der Waals surface area contributed by atoms with Crippen LogP contribution in [0.2, 0.25) is 0 Å². The van der Waals surface area contributed by atoms with E-state index in [4.69, 9.17) is 14.4 Å². The fourth-order valence-corrected chi connectivity index (χ4v) is 4.36. The van der Waals surface area contributed by atoms with E-state index in [1.54, 1.807) is 13.2 Å². The van der Waals surface area contributed by atoms with Crippen LogP contribution in [0.1, 0.15) is 38.6 Å². The standard InChI is InChI=1S/C28H27N5O3/c1-16-8-6-7-9-21(16)15-33-19(4)25(18(3)31-33)30-27(34)23-14-17(2)29-28-24(23)26(32-36-28)20-10-12-22(35-5)13-11-20/h6-14H,15H2,1-5H3,(H,30,34). The Morgan fingerprint density at radius 3 is 2.53 bits per heavy atom. The molecule has 0 aliphatic rings. The molecule has 0 spiro atoms. The maximum Gasteiger partial charge on any atom is 0.259 e.